The van der Waals surface area contributed by atoms with Crippen LogP contribution in [0.15, 0.2) is 6.20 Å². The predicted octanol–water partition coefficient (Wildman–Crippen LogP) is 2.43. The van der Waals surface area contributed by atoms with Crippen LogP contribution in [0.5, 0.6) is 0 Å². The van der Waals surface area contributed by atoms with Gasteiger partial charge in [-0.3, -0.25) is 0 Å². The van der Waals surface area contributed by atoms with E-state index >= 15 is 0 Å². The minimum absolute atomic E-state index is 0.626. The minimum atomic E-state index is 0.626. The van der Waals surface area contributed by atoms with Gasteiger partial charge in [-0.05, 0) is 38.6 Å². The highest BCUT2D eigenvalue weighted by atomic mass is 15.1. The third-order valence-electron chi connectivity index (χ3n) is 3.51. The van der Waals surface area contributed by atoms with Gasteiger partial charge in [0.1, 0.15) is 0 Å². The van der Waals surface area contributed by atoms with Crippen molar-refractivity contribution >= 4 is 5.95 Å². The van der Waals surface area contributed by atoms with Crippen molar-refractivity contribution in [3.8, 4) is 0 Å². The Balaban J connectivity index is 1.70. The monoisotopic (exact) mass is 246 g/mol. The molecule has 0 unspecified atom stereocenters. The average Bonchev–Trinajstić information content (AvgIpc) is 3.25. The summed E-state index contributed by atoms with van der Waals surface area (Å²) in [5.41, 5.74) is 2.56. The topological polar surface area (TPSA) is 49.8 Å². The Morgan fingerprint density at radius 3 is 2.78 bits per heavy atom. The van der Waals surface area contributed by atoms with E-state index in [1.165, 1.54) is 43.4 Å². The van der Waals surface area contributed by atoms with Gasteiger partial charge < -0.3 is 10.6 Å². The van der Waals surface area contributed by atoms with Crippen molar-refractivity contribution in [2.45, 2.75) is 57.5 Å². The highest BCUT2D eigenvalue weighted by molar-refractivity contribution is 5.35. The zero-order valence-electron chi connectivity index (χ0n) is 11.1. The number of anilines is 1. The molecule has 1 heterocycles. The standard InChI is InChI=1S/C14H22N4/c1-2-7-15-8-11-9-16-14(17-12-5-6-12)18-13(11)10-3-4-10/h9-10,12,15H,2-8H2,1H3,(H,16,17,18). The molecule has 2 aliphatic carbocycles. The molecular weight excluding hydrogens is 224 g/mol. The molecule has 4 nitrogen and oxygen atoms in total. The first-order valence-corrected chi connectivity index (χ1v) is 7.20. The number of hydrogen-bond acceptors (Lipinski definition) is 4. The Kier molecular flexibility index (Phi) is 3.46. The van der Waals surface area contributed by atoms with E-state index in [2.05, 4.69) is 22.5 Å². The Hall–Kier alpha value is -1.16. The third-order valence-corrected chi connectivity index (χ3v) is 3.51. The molecule has 0 amide bonds. The summed E-state index contributed by atoms with van der Waals surface area (Å²) in [4.78, 5) is 9.18. The second-order valence-corrected chi connectivity index (χ2v) is 5.47. The molecule has 0 saturated heterocycles. The first kappa shape index (κ1) is 11.9. The molecule has 4 heteroatoms. The summed E-state index contributed by atoms with van der Waals surface area (Å²) < 4.78 is 0. The Bertz CT molecular complexity index is 410. The van der Waals surface area contributed by atoms with Gasteiger partial charge in [-0.25, -0.2) is 9.97 Å². The van der Waals surface area contributed by atoms with Crippen LogP contribution in [0.25, 0.3) is 0 Å². The van der Waals surface area contributed by atoms with Crippen molar-refractivity contribution in [2.24, 2.45) is 0 Å². The molecule has 0 atom stereocenters. The summed E-state index contributed by atoms with van der Waals surface area (Å²) in [6.45, 7) is 4.16. The van der Waals surface area contributed by atoms with Gasteiger partial charge in [0.2, 0.25) is 5.95 Å². The molecule has 1 aromatic heterocycles. The van der Waals surface area contributed by atoms with Crippen LogP contribution in [-0.4, -0.2) is 22.6 Å². The van der Waals surface area contributed by atoms with Crippen LogP contribution in [0.4, 0.5) is 5.95 Å². The van der Waals surface area contributed by atoms with E-state index in [1.54, 1.807) is 0 Å². The molecule has 0 aromatic carbocycles. The van der Waals surface area contributed by atoms with Gasteiger partial charge in [0.15, 0.2) is 0 Å². The molecule has 2 N–H and O–H groups in total. The first-order valence-electron chi connectivity index (χ1n) is 7.20. The van der Waals surface area contributed by atoms with Gasteiger partial charge in [-0.2, -0.15) is 0 Å². The van der Waals surface area contributed by atoms with Gasteiger partial charge in [-0.15, -0.1) is 0 Å². The van der Waals surface area contributed by atoms with Crippen molar-refractivity contribution in [3.63, 3.8) is 0 Å². The van der Waals surface area contributed by atoms with Gasteiger partial charge in [0.25, 0.3) is 0 Å². The molecule has 0 spiro atoms. The fourth-order valence-corrected chi connectivity index (χ4v) is 2.15. The fourth-order valence-electron chi connectivity index (χ4n) is 2.15. The van der Waals surface area contributed by atoms with Crippen LogP contribution < -0.4 is 10.6 Å². The molecular formula is C14H22N4. The quantitative estimate of drug-likeness (QED) is 0.725. The number of rotatable bonds is 7. The normalized spacial score (nSPS) is 18.9. The molecule has 3 rings (SSSR count). The van der Waals surface area contributed by atoms with Gasteiger partial charge >= 0.3 is 0 Å². The van der Waals surface area contributed by atoms with Gasteiger partial charge in [0, 0.05) is 30.3 Å². The zero-order chi connectivity index (χ0) is 12.4. The predicted molar refractivity (Wildman–Crippen MR) is 72.6 cm³/mol. The molecule has 0 aliphatic heterocycles. The van der Waals surface area contributed by atoms with E-state index < -0.39 is 0 Å². The van der Waals surface area contributed by atoms with E-state index in [-0.39, 0.29) is 0 Å². The lowest BCUT2D eigenvalue weighted by Crippen LogP contribution is -2.17. The Morgan fingerprint density at radius 2 is 2.11 bits per heavy atom. The molecule has 2 saturated carbocycles. The van der Waals surface area contributed by atoms with Crippen molar-refractivity contribution in [2.75, 3.05) is 11.9 Å². The lowest BCUT2D eigenvalue weighted by molar-refractivity contribution is 0.665. The lowest BCUT2D eigenvalue weighted by Gasteiger charge is -2.11. The maximum absolute atomic E-state index is 4.73. The van der Waals surface area contributed by atoms with Crippen LogP contribution in [0.3, 0.4) is 0 Å². The van der Waals surface area contributed by atoms with Crippen LogP contribution >= 0.6 is 0 Å². The SMILES string of the molecule is CCCNCc1cnc(NC2CC2)nc1C1CC1. The van der Waals surface area contributed by atoms with E-state index in [0.29, 0.717) is 12.0 Å². The summed E-state index contributed by atoms with van der Waals surface area (Å²) >= 11 is 0. The van der Waals surface area contributed by atoms with E-state index in [1.807, 2.05) is 6.20 Å². The number of hydrogen-bond donors (Lipinski definition) is 2. The molecule has 98 valence electrons. The summed E-state index contributed by atoms with van der Waals surface area (Å²) in [5.74, 6) is 1.52. The van der Waals surface area contributed by atoms with E-state index in [9.17, 15) is 0 Å². The molecule has 0 bridgehead atoms. The van der Waals surface area contributed by atoms with Crippen LogP contribution in [0.1, 0.15) is 56.2 Å². The molecule has 1 aromatic rings. The summed E-state index contributed by atoms with van der Waals surface area (Å²) in [7, 11) is 0. The lowest BCUT2D eigenvalue weighted by atomic mass is 10.1. The van der Waals surface area contributed by atoms with Gasteiger partial charge in [-0.1, -0.05) is 6.92 Å². The molecule has 2 fully saturated rings. The Morgan fingerprint density at radius 1 is 1.28 bits per heavy atom. The summed E-state index contributed by atoms with van der Waals surface area (Å²) in [6.07, 6.45) is 8.29. The zero-order valence-corrected chi connectivity index (χ0v) is 11.1. The van der Waals surface area contributed by atoms with Crippen LogP contribution in [-0.2, 0) is 6.54 Å². The number of nitrogens with one attached hydrogen (secondary N) is 2. The van der Waals surface area contributed by atoms with E-state index in [0.717, 1.165) is 19.0 Å². The highest BCUT2D eigenvalue weighted by Gasteiger charge is 2.29. The molecule has 2 aliphatic rings. The maximum Gasteiger partial charge on any atom is 0.223 e. The third kappa shape index (κ3) is 2.99. The number of nitrogens with zero attached hydrogens (tertiary/aromatic N) is 2. The summed E-state index contributed by atoms with van der Waals surface area (Å²) in [6, 6.07) is 0.626. The summed E-state index contributed by atoms with van der Waals surface area (Å²) in [5, 5.41) is 6.84. The van der Waals surface area contributed by atoms with Gasteiger partial charge in [0.05, 0.1) is 5.69 Å². The maximum atomic E-state index is 4.73. The average molecular weight is 246 g/mol. The van der Waals surface area contributed by atoms with Crippen molar-refractivity contribution in [1.82, 2.24) is 15.3 Å². The Labute approximate surface area is 109 Å². The second kappa shape index (κ2) is 5.22. The first-order chi connectivity index (χ1) is 8.86. The second-order valence-electron chi connectivity index (χ2n) is 5.47. The van der Waals surface area contributed by atoms with E-state index in [4.69, 9.17) is 4.98 Å². The minimum Gasteiger partial charge on any atom is -0.351 e. The van der Waals surface area contributed by atoms with Crippen molar-refractivity contribution < 1.29 is 0 Å². The fraction of sp³-hybridized carbons (Fsp3) is 0.714. The van der Waals surface area contributed by atoms with Crippen molar-refractivity contribution in [3.05, 3.63) is 17.5 Å². The molecule has 18 heavy (non-hydrogen) atoms. The van der Waals surface area contributed by atoms with Crippen LogP contribution in [0, 0.1) is 0 Å². The number of aromatic nitrogens is 2. The van der Waals surface area contributed by atoms with Crippen LogP contribution in [0.2, 0.25) is 0 Å². The highest BCUT2D eigenvalue weighted by Crippen LogP contribution is 2.41. The van der Waals surface area contributed by atoms with Crippen molar-refractivity contribution in [1.29, 1.82) is 0 Å². The largest absolute Gasteiger partial charge is 0.351 e. The smallest absolute Gasteiger partial charge is 0.223 e. The molecule has 0 radical (unpaired) electrons.